The van der Waals surface area contributed by atoms with E-state index in [9.17, 15) is 14.0 Å². The number of anilines is 1. The second-order valence-corrected chi connectivity index (χ2v) is 5.69. The molecule has 0 unspecified atom stereocenters. The lowest BCUT2D eigenvalue weighted by Gasteiger charge is -2.13. The third-order valence-electron chi connectivity index (χ3n) is 3.93. The van der Waals surface area contributed by atoms with Gasteiger partial charge in [0.15, 0.2) is 0 Å². The minimum atomic E-state index is -0.512. The number of halogens is 1. The summed E-state index contributed by atoms with van der Waals surface area (Å²) in [7, 11) is 0. The summed E-state index contributed by atoms with van der Waals surface area (Å²) < 4.78 is 19.0. The molecule has 6 heteroatoms. The highest BCUT2D eigenvalue weighted by atomic mass is 19.1. The molecule has 26 heavy (non-hydrogen) atoms. The molecule has 0 bridgehead atoms. The first-order valence-electron chi connectivity index (χ1n) is 7.90. The van der Waals surface area contributed by atoms with Crippen LogP contribution in [-0.2, 0) is 9.59 Å². The van der Waals surface area contributed by atoms with Crippen LogP contribution in [0.3, 0.4) is 0 Å². The van der Waals surface area contributed by atoms with Crippen molar-refractivity contribution in [2.24, 2.45) is 0 Å². The Morgan fingerprint density at radius 3 is 2.54 bits per heavy atom. The molecule has 5 nitrogen and oxygen atoms in total. The van der Waals surface area contributed by atoms with Crippen LogP contribution in [0.4, 0.5) is 10.1 Å². The quantitative estimate of drug-likeness (QED) is 0.582. The van der Waals surface area contributed by atoms with Crippen LogP contribution in [0.2, 0.25) is 0 Å². The first kappa shape index (κ1) is 15.8. The molecule has 0 aliphatic carbocycles. The molecule has 2 amide bonds. The fraction of sp³-hybridized carbons (Fsp3) is 0. The topological polar surface area (TPSA) is 62.6 Å². The number of benzene rings is 2. The van der Waals surface area contributed by atoms with Crippen molar-refractivity contribution in [2.45, 2.75) is 0 Å². The number of carbonyl (C=O) groups is 2. The molecule has 0 atom stereocenters. The van der Waals surface area contributed by atoms with E-state index >= 15 is 0 Å². The van der Waals surface area contributed by atoms with Gasteiger partial charge in [-0.1, -0.05) is 30.3 Å². The minimum Gasteiger partial charge on any atom is -0.457 e. The molecule has 1 fully saturated rings. The molecule has 1 aliphatic heterocycles. The van der Waals surface area contributed by atoms with E-state index in [4.69, 9.17) is 4.42 Å². The number of hydrogen-bond acceptors (Lipinski definition) is 3. The monoisotopic (exact) mass is 348 g/mol. The second kappa shape index (κ2) is 6.33. The lowest BCUT2D eigenvalue weighted by molar-refractivity contribution is -0.117. The average molecular weight is 348 g/mol. The summed E-state index contributed by atoms with van der Waals surface area (Å²) >= 11 is 0. The molecule has 1 aliphatic rings. The first-order chi connectivity index (χ1) is 12.6. The Morgan fingerprint density at radius 2 is 1.77 bits per heavy atom. The number of nitrogens with zero attached hydrogens (tertiary/aromatic N) is 1. The van der Waals surface area contributed by atoms with E-state index < -0.39 is 11.8 Å². The third-order valence-corrected chi connectivity index (χ3v) is 3.93. The summed E-state index contributed by atoms with van der Waals surface area (Å²) in [6.07, 6.45) is 1.38. The maximum Gasteiger partial charge on any atom is 0.282 e. The van der Waals surface area contributed by atoms with Gasteiger partial charge in [0.25, 0.3) is 11.8 Å². The summed E-state index contributed by atoms with van der Waals surface area (Å²) in [4.78, 5) is 24.7. The van der Waals surface area contributed by atoms with Crippen molar-refractivity contribution in [3.05, 3.63) is 83.9 Å². The highest BCUT2D eigenvalue weighted by Crippen LogP contribution is 2.26. The van der Waals surface area contributed by atoms with E-state index in [1.807, 2.05) is 6.07 Å². The molecule has 0 spiro atoms. The fourth-order valence-electron chi connectivity index (χ4n) is 2.69. The Kier molecular flexibility index (Phi) is 3.85. The Labute approximate surface area is 148 Å². The van der Waals surface area contributed by atoms with Crippen molar-refractivity contribution < 1.29 is 18.4 Å². The number of para-hydroxylation sites is 1. The summed E-state index contributed by atoms with van der Waals surface area (Å²) in [6, 6.07) is 18.1. The number of nitrogens with one attached hydrogen (secondary N) is 1. The van der Waals surface area contributed by atoms with Gasteiger partial charge in [-0.2, -0.15) is 0 Å². The first-order valence-corrected chi connectivity index (χ1v) is 7.90. The summed E-state index contributed by atoms with van der Waals surface area (Å²) in [6.45, 7) is 0. The molecule has 4 rings (SSSR count). The van der Waals surface area contributed by atoms with Crippen LogP contribution in [0.1, 0.15) is 5.76 Å². The predicted octanol–water partition coefficient (Wildman–Crippen LogP) is 3.55. The van der Waals surface area contributed by atoms with Crippen molar-refractivity contribution in [3.8, 4) is 11.3 Å². The molecule has 2 heterocycles. The third kappa shape index (κ3) is 2.88. The van der Waals surface area contributed by atoms with Crippen LogP contribution < -0.4 is 10.4 Å². The Hall–Kier alpha value is -3.67. The number of furan rings is 1. The van der Waals surface area contributed by atoms with Crippen molar-refractivity contribution >= 4 is 23.6 Å². The van der Waals surface area contributed by atoms with Crippen LogP contribution in [-0.4, -0.2) is 11.8 Å². The van der Waals surface area contributed by atoms with E-state index in [1.54, 1.807) is 48.5 Å². The minimum absolute atomic E-state index is 0.0333. The molecule has 0 radical (unpaired) electrons. The zero-order valence-electron chi connectivity index (χ0n) is 13.5. The molecule has 3 aromatic rings. The normalized spacial score (nSPS) is 15.6. The second-order valence-electron chi connectivity index (χ2n) is 5.69. The summed E-state index contributed by atoms with van der Waals surface area (Å²) in [5, 5.41) is 1.19. The number of amides is 2. The molecular formula is C20H13FN2O3. The lowest BCUT2D eigenvalue weighted by atomic mass is 10.2. The average Bonchev–Trinajstić information content (AvgIpc) is 3.23. The Morgan fingerprint density at radius 1 is 0.962 bits per heavy atom. The standard InChI is InChI=1S/C20H13FN2O3/c21-14-6-4-5-13(11-14)18-10-9-16(26-18)12-17-19(24)22-23(20(17)25)15-7-2-1-3-8-15/h1-12H,(H,22,24). The van der Waals surface area contributed by atoms with E-state index in [0.717, 1.165) is 0 Å². The highest BCUT2D eigenvalue weighted by molar-refractivity contribution is 6.31. The van der Waals surface area contributed by atoms with Gasteiger partial charge in [-0.25, -0.2) is 9.40 Å². The molecule has 1 N–H and O–H groups in total. The maximum absolute atomic E-state index is 13.3. The van der Waals surface area contributed by atoms with E-state index in [0.29, 0.717) is 22.8 Å². The van der Waals surface area contributed by atoms with Gasteiger partial charge >= 0.3 is 0 Å². The SMILES string of the molecule is O=C1NN(c2ccccc2)C(=O)C1=Cc1ccc(-c2cccc(F)c2)o1. The van der Waals surface area contributed by atoms with Crippen molar-refractivity contribution in [3.63, 3.8) is 0 Å². The van der Waals surface area contributed by atoms with Gasteiger partial charge < -0.3 is 4.42 Å². The molecule has 1 aromatic heterocycles. The van der Waals surface area contributed by atoms with Crippen LogP contribution in [0, 0.1) is 5.82 Å². The van der Waals surface area contributed by atoms with Gasteiger partial charge in [0.1, 0.15) is 22.9 Å². The highest BCUT2D eigenvalue weighted by Gasteiger charge is 2.34. The number of rotatable bonds is 3. The van der Waals surface area contributed by atoms with E-state index in [2.05, 4.69) is 5.43 Å². The summed E-state index contributed by atoms with van der Waals surface area (Å²) in [5.41, 5.74) is 3.62. The molecule has 2 aromatic carbocycles. The van der Waals surface area contributed by atoms with Gasteiger partial charge in [-0.15, -0.1) is 0 Å². The van der Waals surface area contributed by atoms with Crippen LogP contribution in [0.15, 0.2) is 76.7 Å². The van der Waals surface area contributed by atoms with E-state index in [1.165, 1.54) is 23.2 Å². The molecule has 0 saturated carbocycles. The van der Waals surface area contributed by atoms with Gasteiger partial charge in [-0.05, 0) is 42.5 Å². The Bertz CT molecular complexity index is 1020. The van der Waals surface area contributed by atoms with Crippen LogP contribution in [0.5, 0.6) is 0 Å². The summed E-state index contributed by atoms with van der Waals surface area (Å²) in [5.74, 6) is -0.574. The zero-order valence-corrected chi connectivity index (χ0v) is 13.5. The molecule has 128 valence electrons. The number of carbonyl (C=O) groups excluding carboxylic acids is 2. The van der Waals surface area contributed by atoms with Gasteiger partial charge in [0, 0.05) is 5.56 Å². The number of hydrogen-bond donors (Lipinski definition) is 1. The van der Waals surface area contributed by atoms with Crippen LogP contribution >= 0.6 is 0 Å². The van der Waals surface area contributed by atoms with Gasteiger partial charge in [0.2, 0.25) is 0 Å². The van der Waals surface area contributed by atoms with Crippen LogP contribution in [0.25, 0.3) is 17.4 Å². The smallest absolute Gasteiger partial charge is 0.282 e. The number of hydrazine groups is 1. The fourth-order valence-corrected chi connectivity index (χ4v) is 2.69. The van der Waals surface area contributed by atoms with E-state index in [-0.39, 0.29) is 11.4 Å². The maximum atomic E-state index is 13.3. The van der Waals surface area contributed by atoms with Gasteiger partial charge in [0.05, 0.1) is 5.69 Å². The zero-order chi connectivity index (χ0) is 18.1. The largest absolute Gasteiger partial charge is 0.457 e. The molecular weight excluding hydrogens is 335 g/mol. The van der Waals surface area contributed by atoms with Gasteiger partial charge in [-0.3, -0.25) is 15.0 Å². The van der Waals surface area contributed by atoms with Crippen molar-refractivity contribution in [1.82, 2.24) is 5.43 Å². The molecule has 1 saturated heterocycles. The lowest BCUT2D eigenvalue weighted by Crippen LogP contribution is -2.35. The van der Waals surface area contributed by atoms with Crippen molar-refractivity contribution in [1.29, 1.82) is 0 Å². The van der Waals surface area contributed by atoms with Crippen molar-refractivity contribution in [2.75, 3.05) is 5.01 Å². The predicted molar refractivity (Wildman–Crippen MR) is 94.1 cm³/mol. The Balaban J connectivity index is 1.63.